The van der Waals surface area contributed by atoms with Gasteiger partial charge in [0.25, 0.3) is 0 Å². The van der Waals surface area contributed by atoms with Crippen molar-refractivity contribution in [1.29, 1.82) is 0 Å². The highest BCUT2D eigenvalue weighted by Crippen LogP contribution is 2.47. The highest BCUT2D eigenvalue weighted by Gasteiger charge is 2.21. The van der Waals surface area contributed by atoms with Crippen LogP contribution >= 0.6 is 0 Å². The van der Waals surface area contributed by atoms with E-state index in [2.05, 4.69) is 243 Å². The summed E-state index contributed by atoms with van der Waals surface area (Å²) in [6.07, 6.45) is 0. The van der Waals surface area contributed by atoms with Crippen LogP contribution in [-0.2, 0) is 0 Å². The van der Waals surface area contributed by atoms with Gasteiger partial charge in [-0.2, -0.15) is 0 Å². The van der Waals surface area contributed by atoms with E-state index in [4.69, 9.17) is 11.5 Å². The van der Waals surface area contributed by atoms with Gasteiger partial charge in [0.05, 0.1) is 0 Å². The fraction of sp³-hybridized carbons (Fsp3) is 0. The molecule has 4 N–H and O–H groups in total. The minimum absolute atomic E-state index is 0.739. The number of anilines is 2. The van der Waals surface area contributed by atoms with Crippen molar-refractivity contribution in [3.63, 3.8) is 0 Å². The molecule has 0 saturated heterocycles. The zero-order valence-electron chi connectivity index (χ0n) is 39.6. The van der Waals surface area contributed by atoms with E-state index in [9.17, 15) is 0 Å². The lowest BCUT2D eigenvalue weighted by molar-refractivity contribution is 1.54. The summed E-state index contributed by atoms with van der Waals surface area (Å²) in [5, 5.41) is 9.67. The molecule has 2 heteroatoms. The summed E-state index contributed by atoms with van der Waals surface area (Å²) in [4.78, 5) is 0. The normalized spacial score (nSPS) is 11.4. The van der Waals surface area contributed by atoms with E-state index in [1.165, 1.54) is 54.2 Å². The monoisotopic (exact) mass is 916 g/mol. The molecule has 0 aliphatic heterocycles. The maximum absolute atomic E-state index is 6.33. The fourth-order valence-electron chi connectivity index (χ4n) is 10.7. The van der Waals surface area contributed by atoms with Gasteiger partial charge >= 0.3 is 0 Å². The molecule has 0 aromatic heterocycles. The lowest BCUT2D eigenvalue weighted by Crippen LogP contribution is -1.95. The van der Waals surface area contributed by atoms with E-state index in [-0.39, 0.29) is 0 Å². The van der Waals surface area contributed by atoms with Crippen LogP contribution in [0.2, 0.25) is 0 Å². The van der Waals surface area contributed by atoms with Crippen molar-refractivity contribution in [2.45, 2.75) is 0 Å². The molecule has 0 spiro atoms. The molecule has 13 aromatic rings. The van der Waals surface area contributed by atoms with Gasteiger partial charge in [0.1, 0.15) is 0 Å². The van der Waals surface area contributed by atoms with E-state index >= 15 is 0 Å². The molecule has 13 aromatic carbocycles. The van der Waals surface area contributed by atoms with Crippen LogP contribution in [0.4, 0.5) is 11.4 Å². The molecule has 0 saturated carbocycles. The first kappa shape index (κ1) is 42.6. The number of fused-ring (bicyclic) bond motifs is 4. The first-order valence-corrected chi connectivity index (χ1v) is 24.6. The molecular formula is C70H48N2. The van der Waals surface area contributed by atoms with Gasteiger partial charge in [-0.15, -0.1) is 0 Å². The summed E-state index contributed by atoms with van der Waals surface area (Å²) < 4.78 is 0. The van der Waals surface area contributed by atoms with Crippen LogP contribution in [0.15, 0.2) is 267 Å². The molecule has 72 heavy (non-hydrogen) atoms. The van der Waals surface area contributed by atoms with E-state index in [1.807, 2.05) is 24.3 Å². The summed E-state index contributed by atoms with van der Waals surface area (Å²) in [5.41, 5.74) is 32.5. The third-order valence-electron chi connectivity index (χ3n) is 14.5. The second-order valence-electron chi connectivity index (χ2n) is 19.0. The summed E-state index contributed by atoms with van der Waals surface area (Å²) in [6.45, 7) is 0. The summed E-state index contributed by atoms with van der Waals surface area (Å²) in [5.74, 6) is 0. The average Bonchev–Trinajstić information content (AvgIpc) is 3.44. The van der Waals surface area contributed by atoms with E-state index in [0.29, 0.717) is 0 Å². The van der Waals surface area contributed by atoms with Gasteiger partial charge in [-0.3, -0.25) is 0 Å². The molecule has 0 fully saturated rings. The standard InChI is InChI=1S/C70H48N2/c71-63-33-29-51(30-34-63)69-65(57-25-21-45-9-1-5-13-53(45)37-57)41-61(42-66(69)58-26-22-46-10-2-6-14-54(46)38-58)49-17-19-50(20-18-49)62-43-67(59-27-23-47-11-3-7-15-55(47)39-59)70(52-31-35-64(72)36-32-52)68(44-62)60-28-24-48-12-4-8-16-56(48)40-60/h1-44H,71-72H2. The molecule has 0 unspecified atom stereocenters. The molecule has 13 rings (SSSR count). The molecule has 0 atom stereocenters. The van der Waals surface area contributed by atoms with Crippen LogP contribution in [-0.4, -0.2) is 0 Å². The van der Waals surface area contributed by atoms with Crippen molar-refractivity contribution in [2.75, 3.05) is 11.5 Å². The van der Waals surface area contributed by atoms with Crippen LogP contribution in [0.25, 0.3) is 132 Å². The zero-order valence-corrected chi connectivity index (χ0v) is 39.6. The molecule has 0 aliphatic carbocycles. The van der Waals surface area contributed by atoms with E-state index in [1.54, 1.807) is 0 Å². The minimum atomic E-state index is 0.739. The minimum Gasteiger partial charge on any atom is -0.399 e. The second kappa shape index (κ2) is 17.8. The Morgan fingerprint density at radius 3 is 0.653 bits per heavy atom. The Labute approximate surface area is 419 Å². The van der Waals surface area contributed by atoms with Crippen molar-refractivity contribution in [2.24, 2.45) is 0 Å². The van der Waals surface area contributed by atoms with Gasteiger partial charge in [-0.25, -0.2) is 0 Å². The lowest BCUT2D eigenvalue weighted by Gasteiger charge is -2.21. The third kappa shape index (κ3) is 7.92. The van der Waals surface area contributed by atoms with Gasteiger partial charge in [0.15, 0.2) is 0 Å². The van der Waals surface area contributed by atoms with E-state index in [0.717, 1.165) is 89.3 Å². The third-order valence-corrected chi connectivity index (χ3v) is 14.5. The molecule has 0 radical (unpaired) electrons. The first-order chi connectivity index (χ1) is 35.5. The Hall–Kier alpha value is -9.50. The van der Waals surface area contributed by atoms with Crippen molar-refractivity contribution in [3.8, 4) is 89.0 Å². The summed E-state index contributed by atoms with van der Waals surface area (Å²) in [7, 11) is 0. The van der Waals surface area contributed by atoms with Gasteiger partial charge in [-0.05, 0) is 205 Å². The Bertz CT molecular complexity index is 3730. The van der Waals surface area contributed by atoms with Crippen LogP contribution < -0.4 is 11.5 Å². The lowest BCUT2D eigenvalue weighted by atomic mass is 9.83. The van der Waals surface area contributed by atoms with Gasteiger partial charge in [0.2, 0.25) is 0 Å². The summed E-state index contributed by atoms with van der Waals surface area (Å²) in [6, 6.07) is 97.1. The highest BCUT2D eigenvalue weighted by atomic mass is 14.5. The maximum atomic E-state index is 6.33. The fourth-order valence-corrected chi connectivity index (χ4v) is 10.7. The Morgan fingerprint density at radius 2 is 0.389 bits per heavy atom. The van der Waals surface area contributed by atoms with Gasteiger partial charge in [0, 0.05) is 11.4 Å². The Morgan fingerprint density at radius 1 is 0.167 bits per heavy atom. The SMILES string of the molecule is Nc1ccc(-c2c(-c3ccc4ccccc4c3)cc(-c3ccc(-c4cc(-c5ccc6ccccc6c5)c(-c5ccc(N)cc5)c(-c5ccc6ccccc6c5)c4)cc3)cc2-c2ccc3ccccc3c2)cc1. The van der Waals surface area contributed by atoms with Crippen LogP contribution in [0.1, 0.15) is 0 Å². The number of hydrogen-bond donors (Lipinski definition) is 2. The number of rotatable bonds is 8. The molecule has 0 aliphatic rings. The first-order valence-electron chi connectivity index (χ1n) is 24.6. The molecule has 0 amide bonds. The van der Waals surface area contributed by atoms with Gasteiger partial charge in [-0.1, -0.05) is 194 Å². The van der Waals surface area contributed by atoms with E-state index < -0.39 is 0 Å². The summed E-state index contributed by atoms with van der Waals surface area (Å²) >= 11 is 0. The molecule has 0 heterocycles. The van der Waals surface area contributed by atoms with Crippen molar-refractivity contribution < 1.29 is 0 Å². The van der Waals surface area contributed by atoms with Crippen molar-refractivity contribution in [3.05, 3.63) is 267 Å². The number of hydrogen-bond acceptors (Lipinski definition) is 2. The smallest absolute Gasteiger partial charge is 0.0314 e. The van der Waals surface area contributed by atoms with Crippen molar-refractivity contribution in [1.82, 2.24) is 0 Å². The topological polar surface area (TPSA) is 52.0 Å². The molecule has 2 nitrogen and oxygen atoms in total. The van der Waals surface area contributed by atoms with Crippen LogP contribution in [0.5, 0.6) is 0 Å². The predicted molar refractivity (Wildman–Crippen MR) is 309 cm³/mol. The number of nitrogen functional groups attached to an aromatic ring is 2. The average molecular weight is 917 g/mol. The molecule has 0 bridgehead atoms. The second-order valence-corrected chi connectivity index (χ2v) is 19.0. The largest absolute Gasteiger partial charge is 0.399 e. The Kier molecular flexibility index (Phi) is 10.5. The van der Waals surface area contributed by atoms with Crippen molar-refractivity contribution >= 4 is 54.5 Å². The zero-order chi connectivity index (χ0) is 48.1. The number of benzene rings is 13. The number of nitrogens with two attached hydrogens (primary N) is 2. The Balaban J connectivity index is 1.02. The van der Waals surface area contributed by atoms with Gasteiger partial charge < -0.3 is 11.5 Å². The molecule has 338 valence electrons. The predicted octanol–water partition coefficient (Wildman–Crippen LogP) is 18.8. The highest BCUT2D eigenvalue weighted by molar-refractivity contribution is 6.04. The van der Waals surface area contributed by atoms with Crippen LogP contribution in [0.3, 0.4) is 0 Å². The molecular weight excluding hydrogens is 869 g/mol. The maximum Gasteiger partial charge on any atom is 0.0314 e. The quantitative estimate of drug-likeness (QED) is 0.149. The van der Waals surface area contributed by atoms with Crippen LogP contribution in [0, 0.1) is 0 Å².